The number of amides is 1. The number of ether oxygens (including phenoxy) is 2. The molecule has 1 aromatic carbocycles. The van der Waals surface area contributed by atoms with Crippen molar-refractivity contribution in [3.8, 4) is 0 Å². The van der Waals surface area contributed by atoms with Gasteiger partial charge in [-0.2, -0.15) is 0 Å². The van der Waals surface area contributed by atoms with Crippen molar-refractivity contribution in [1.82, 2.24) is 0 Å². The number of thioether (sulfide) groups is 1. The van der Waals surface area contributed by atoms with Crippen LogP contribution in [0.4, 0.5) is 0 Å². The third-order valence-electron chi connectivity index (χ3n) is 3.19. The number of carbonyl (C=O) groups is 1. The zero-order valence-electron chi connectivity index (χ0n) is 11.0. The van der Waals surface area contributed by atoms with Gasteiger partial charge in [0, 0.05) is 15.5 Å². The fourth-order valence-corrected chi connectivity index (χ4v) is 3.80. The summed E-state index contributed by atoms with van der Waals surface area (Å²) in [5.74, 6) is 0.714. The van der Waals surface area contributed by atoms with E-state index in [9.17, 15) is 4.79 Å². The molecule has 0 aliphatic carbocycles. The summed E-state index contributed by atoms with van der Waals surface area (Å²) in [4.78, 5) is 16.9. The summed E-state index contributed by atoms with van der Waals surface area (Å²) in [6.45, 7) is 2.24. The normalized spacial score (nSPS) is 21.2. The first kappa shape index (κ1) is 13.8. The lowest BCUT2D eigenvalue weighted by molar-refractivity contribution is -0.123. The van der Waals surface area contributed by atoms with Gasteiger partial charge in [-0.25, -0.2) is 0 Å². The molecule has 1 unspecified atom stereocenters. The third-order valence-corrected chi connectivity index (χ3v) is 4.69. The highest BCUT2D eigenvalue weighted by Crippen LogP contribution is 2.40. The first-order valence-electron chi connectivity index (χ1n) is 6.56. The monoisotopic (exact) mass is 311 g/mol. The predicted octanol–water partition coefficient (Wildman–Crippen LogP) is 3.37. The van der Waals surface area contributed by atoms with Crippen LogP contribution in [0.5, 0.6) is 0 Å². The predicted molar refractivity (Wildman–Crippen MR) is 78.4 cm³/mol. The van der Waals surface area contributed by atoms with Crippen molar-refractivity contribution in [3.63, 3.8) is 0 Å². The van der Waals surface area contributed by atoms with Gasteiger partial charge in [0.25, 0.3) is 5.91 Å². The highest BCUT2D eigenvalue weighted by molar-refractivity contribution is 7.99. The summed E-state index contributed by atoms with van der Waals surface area (Å²) in [5.41, 5.74) is 1.99. The average molecular weight is 312 g/mol. The van der Waals surface area contributed by atoms with E-state index in [-0.39, 0.29) is 12.0 Å². The van der Waals surface area contributed by atoms with Crippen LogP contribution in [0, 0.1) is 0 Å². The number of aliphatic imine (C=N–C) groups is 1. The Balaban J connectivity index is 1.95. The maximum atomic E-state index is 12.0. The Labute approximate surface area is 126 Å². The molecule has 0 spiro atoms. The van der Waals surface area contributed by atoms with Crippen molar-refractivity contribution in [2.75, 3.05) is 12.4 Å². The van der Waals surface area contributed by atoms with Crippen molar-refractivity contribution < 1.29 is 14.3 Å². The first-order chi connectivity index (χ1) is 9.69. The van der Waals surface area contributed by atoms with Crippen LogP contribution in [0.25, 0.3) is 0 Å². The number of aryl methyl sites for hydroxylation is 1. The van der Waals surface area contributed by atoms with Crippen LogP contribution in [-0.2, 0) is 20.7 Å². The van der Waals surface area contributed by atoms with Crippen LogP contribution in [0.15, 0.2) is 22.0 Å². The molecule has 1 aromatic rings. The summed E-state index contributed by atoms with van der Waals surface area (Å²) in [5, 5.41) is 0.627. The summed E-state index contributed by atoms with van der Waals surface area (Å²) >= 11 is 7.91. The van der Waals surface area contributed by atoms with Gasteiger partial charge in [-0.15, -0.1) is 16.8 Å². The lowest BCUT2D eigenvalue weighted by Gasteiger charge is -2.21. The highest BCUT2D eigenvalue weighted by atomic mass is 35.5. The molecule has 0 radical (unpaired) electrons. The fourth-order valence-electron chi connectivity index (χ4n) is 2.38. The zero-order valence-corrected chi connectivity index (χ0v) is 12.6. The van der Waals surface area contributed by atoms with Crippen molar-refractivity contribution in [2.24, 2.45) is 4.99 Å². The van der Waals surface area contributed by atoms with E-state index < -0.39 is 6.10 Å². The van der Waals surface area contributed by atoms with Gasteiger partial charge in [-0.3, -0.25) is 4.79 Å². The molecular weight excluding hydrogens is 298 g/mol. The van der Waals surface area contributed by atoms with Crippen LogP contribution < -0.4 is 0 Å². The minimum atomic E-state index is -0.727. The molecule has 4 nitrogen and oxygen atoms in total. The van der Waals surface area contributed by atoms with Gasteiger partial charge in [0.1, 0.15) is 0 Å². The Kier molecular flexibility index (Phi) is 3.89. The Morgan fingerprint density at radius 1 is 1.55 bits per heavy atom. The molecule has 0 saturated carbocycles. The number of nitrogens with zero attached hydrogens (tertiary/aromatic N) is 1. The lowest BCUT2D eigenvalue weighted by Crippen LogP contribution is -2.13. The number of hydrogen-bond acceptors (Lipinski definition) is 4. The van der Waals surface area contributed by atoms with E-state index in [0.29, 0.717) is 11.6 Å². The largest absolute Gasteiger partial charge is 0.451 e. The van der Waals surface area contributed by atoms with Crippen LogP contribution in [-0.4, -0.2) is 24.4 Å². The maximum absolute atomic E-state index is 12.0. The van der Waals surface area contributed by atoms with Gasteiger partial charge in [0.05, 0.1) is 6.61 Å². The quantitative estimate of drug-likeness (QED) is 0.840. The van der Waals surface area contributed by atoms with Crippen molar-refractivity contribution >= 4 is 35.4 Å². The second kappa shape index (κ2) is 5.66. The second-order valence-corrected chi connectivity index (χ2v) is 6.12. The van der Waals surface area contributed by atoms with Crippen molar-refractivity contribution in [2.45, 2.75) is 30.8 Å². The van der Waals surface area contributed by atoms with Gasteiger partial charge < -0.3 is 9.47 Å². The average Bonchev–Trinajstić information content (AvgIpc) is 2.79. The molecule has 2 heterocycles. The molecule has 0 aromatic heterocycles. The Morgan fingerprint density at radius 2 is 2.40 bits per heavy atom. The van der Waals surface area contributed by atoms with Crippen molar-refractivity contribution in [3.05, 3.63) is 28.3 Å². The standard InChI is InChI=1S/C14H14ClNO3S/c1-2-18-14-16-13(17)11(19-14)10-7-9(15)6-8-4-3-5-20-12(8)10/h6-7,11H,2-5H2,1H3. The van der Waals surface area contributed by atoms with Gasteiger partial charge in [0.2, 0.25) is 6.10 Å². The fraction of sp³-hybridized carbons (Fsp3) is 0.429. The number of hydrogen-bond donors (Lipinski definition) is 0. The SMILES string of the molecule is CCOC1=NC(=O)C(c2cc(Cl)cc3c2SCCC3)O1. The second-order valence-electron chi connectivity index (χ2n) is 4.58. The van der Waals surface area contributed by atoms with E-state index in [1.807, 2.05) is 13.0 Å². The number of halogens is 1. The van der Waals surface area contributed by atoms with Crippen LogP contribution in [0.1, 0.15) is 30.6 Å². The third kappa shape index (κ3) is 2.52. The lowest BCUT2D eigenvalue weighted by atomic mass is 10.0. The molecular formula is C14H14ClNO3S. The summed E-state index contributed by atoms with van der Waals surface area (Å²) in [6, 6.07) is 3.77. The van der Waals surface area contributed by atoms with Crippen LogP contribution in [0.3, 0.4) is 0 Å². The minimum Gasteiger partial charge on any atom is -0.451 e. The van der Waals surface area contributed by atoms with E-state index in [2.05, 4.69) is 4.99 Å². The van der Waals surface area contributed by atoms with E-state index in [1.165, 1.54) is 5.56 Å². The Bertz CT molecular complexity index is 588. The Hall–Kier alpha value is -1.20. The molecule has 3 rings (SSSR count). The van der Waals surface area contributed by atoms with E-state index >= 15 is 0 Å². The highest BCUT2D eigenvalue weighted by Gasteiger charge is 2.35. The molecule has 0 bridgehead atoms. The minimum absolute atomic E-state index is 0.0528. The van der Waals surface area contributed by atoms with E-state index in [0.717, 1.165) is 29.1 Å². The molecule has 106 valence electrons. The molecule has 2 aliphatic heterocycles. The van der Waals surface area contributed by atoms with Gasteiger partial charge in [-0.05, 0) is 43.2 Å². The Morgan fingerprint density at radius 3 is 3.20 bits per heavy atom. The van der Waals surface area contributed by atoms with E-state index in [4.69, 9.17) is 21.1 Å². The zero-order chi connectivity index (χ0) is 14.1. The molecule has 1 amide bonds. The molecule has 0 saturated heterocycles. The first-order valence-corrected chi connectivity index (χ1v) is 7.92. The van der Waals surface area contributed by atoms with Crippen LogP contribution in [0.2, 0.25) is 5.02 Å². The molecule has 0 N–H and O–H groups in total. The number of fused-ring (bicyclic) bond motifs is 1. The van der Waals surface area contributed by atoms with Gasteiger partial charge in [-0.1, -0.05) is 11.6 Å². The summed E-state index contributed by atoms with van der Waals surface area (Å²) in [6.07, 6.45) is 1.43. The molecule has 6 heteroatoms. The van der Waals surface area contributed by atoms with E-state index in [1.54, 1.807) is 17.8 Å². The van der Waals surface area contributed by atoms with Crippen LogP contribution >= 0.6 is 23.4 Å². The molecule has 0 fully saturated rings. The molecule has 1 atom stereocenters. The topological polar surface area (TPSA) is 47.9 Å². The molecule has 2 aliphatic rings. The molecule has 20 heavy (non-hydrogen) atoms. The number of benzene rings is 1. The summed E-state index contributed by atoms with van der Waals surface area (Å²) < 4.78 is 10.7. The number of rotatable bonds is 2. The number of carbonyl (C=O) groups excluding carboxylic acids is 1. The van der Waals surface area contributed by atoms with Crippen molar-refractivity contribution in [1.29, 1.82) is 0 Å². The van der Waals surface area contributed by atoms with Gasteiger partial charge in [0.15, 0.2) is 0 Å². The smallest absolute Gasteiger partial charge is 0.392 e. The maximum Gasteiger partial charge on any atom is 0.392 e. The van der Waals surface area contributed by atoms with Gasteiger partial charge >= 0.3 is 6.08 Å². The summed E-state index contributed by atoms with van der Waals surface area (Å²) in [7, 11) is 0.